The number of aliphatic carboxylic acids is 1. The van der Waals surface area contributed by atoms with Crippen LogP contribution in [-0.2, 0) is 9.59 Å². The molecule has 1 saturated heterocycles. The first-order valence-electron chi connectivity index (χ1n) is 10.5. The van der Waals surface area contributed by atoms with Crippen LogP contribution in [0.15, 0.2) is 0 Å². The molecule has 0 unspecified atom stereocenters. The molecule has 0 aromatic heterocycles. The lowest BCUT2D eigenvalue weighted by atomic mass is 9.53. The molecule has 3 amide bonds. The Balaban J connectivity index is 1.21. The first kappa shape index (κ1) is 18.6. The summed E-state index contributed by atoms with van der Waals surface area (Å²) in [6, 6.07) is -0.160. The second-order valence-electron chi connectivity index (χ2n) is 9.35. The molecule has 5 rings (SSSR count). The highest BCUT2D eigenvalue weighted by Crippen LogP contribution is 2.55. The van der Waals surface area contributed by atoms with Crippen molar-refractivity contribution in [1.82, 2.24) is 15.5 Å². The molecule has 27 heavy (non-hydrogen) atoms. The lowest BCUT2D eigenvalue weighted by molar-refractivity contribution is -0.145. The Morgan fingerprint density at radius 1 is 1.04 bits per heavy atom. The molecule has 5 aliphatic rings. The van der Waals surface area contributed by atoms with Crippen LogP contribution in [-0.4, -0.2) is 53.1 Å². The Bertz CT molecular complexity index is 585. The van der Waals surface area contributed by atoms with Crippen LogP contribution in [0.4, 0.5) is 4.79 Å². The molecular weight excluding hydrogens is 346 g/mol. The van der Waals surface area contributed by atoms with Gasteiger partial charge in [0.25, 0.3) is 0 Å². The molecule has 1 heterocycles. The summed E-state index contributed by atoms with van der Waals surface area (Å²) in [6.07, 6.45) is 8.91. The molecule has 4 bridgehead atoms. The highest BCUT2D eigenvalue weighted by atomic mass is 16.4. The first-order valence-corrected chi connectivity index (χ1v) is 10.5. The van der Waals surface area contributed by atoms with Crippen molar-refractivity contribution in [1.29, 1.82) is 0 Å². The fraction of sp³-hybridized carbons (Fsp3) is 0.850. The number of piperidine rings is 1. The summed E-state index contributed by atoms with van der Waals surface area (Å²) < 4.78 is 0. The summed E-state index contributed by atoms with van der Waals surface area (Å²) in [7, 11) is 0. The molecule has 0 aromatic carbocycles. The van der Waals surface area contributed by atoms with Crippen molar-refractivity contribution in [3.63, 3.8) is 0 Å². The number of hydrogen-bond acceptors (Lipinski definition) is 3. The molecule has 0 radical (unpaired) electrons. The Kier molecular flexibility index (Phi) is 5.03. The van der Waals surface area contributed by atoms with E-state index in [0.717, 1.165) is 43.4 Å². The number of carboxylic acid groups (broad SMARTS) is 1. The summed E-state index contributed by atoms with van der Waals surface area (Å²) >= 11 is 0. The summed E-state index contributed by atoms with van der Waals surface area (Å²) in [5.74, 6) is 0.963. The van der Waals surface area contributed by atoms with Crippen molar-refractivity contribution in [2.75, 3.05) is 19.6 Å². The topological polar surface area (TPSA) is 98.7 Å². The second-order valence-corrected chi connectivity index (χ2v) is 9.35. The van der Waals surface area contributed by atoms with Gasteiger partial charge in [0.1, 0.15) is 0 Å². The summed E-state index contributed by atoms with van der Waals surface area (Å²) in [5, 5.41) is 15.2. The Morgan fingerprint density at radius 2 is 1.67 bits per heavy atom. The SMILES string of the molecule is O=C(NCCC(=O)N1CCC[C@H](C(=O)O)C1)NC12CC3CC(CC(C3)C1)C2. The Morgan fingerprint density at radius 3 is 2.26 bits per heavy atom. The Hall–Kier alpha value is -1.79. The van der Waals surface area contributed by atoms with E-state index in [1.54, 1.807) is 4.90 Å². The largest absolute Gasteiger partial charge is 0.481 e. The van der Waals surface area contributed by atoms with Gasteiger partial charge in [-0.1, -0.05) is 0 Å². The molecule has 1 atom stereocenters. The third-order valence-corrected chi connectivity index (χ3v) is 7.16. The highest BCUT2D eigenvalue weighted by Gasteiger charge is 2.51. The van der Waals surface area contributed by atoms with Crippen LogP contribution < -0.4 is 10.6 Å². The van der Waals surface area contributed by atoms with E-state index >= 15 is 0 Å². The molecule has 4 saturated carbocycles. The minimum absolute atomic E-state index is 0.0234. The van der Waals surface area contributed by atoms with E-state index in [0.29, 0.717) is 19.5 Å². The maximum absolute atomic E-state index is 12.4. The van der Waals surface area contributed by atoms with Gasteiger partial charge in [-0.25, -0.2) is 4.79 Å². The van der Waals surface area contributed by atoms with Crippen molar-refractivity contribution >= 4 is 17.9 Å². The summed E-state index contributed by atoms with van der Waals surface area (Å²) in [6.45, 7) is 1.20. The molecule has 5 fully saturated rings. The van der Waals surface area contributed by atoms with Gasteiger partial charge < -0.3 is 20.6 Å². The molecule has 150 valence electrons. The minimum atomic E-state index is -0.833. The third kappa shape index (κ3) is 4.06. The number of nitrogens with zero attached hydrogens (tertiary/aromatic N) is 1. The van der Waals surface area contributed by atoms with Gasteiger partial charge in [0, 0.05) is 31.6 Å². The zero-order valence-electron chi connectivity index (χ0n) is 15.9. The maximum atomic E-state index is 12.4. The smallest absolute Gasteiger partial charge is 0.315 e. The fourth-order valence-electron chi connectivity index (χ4n) is 6.40. The van der Waals surface area contributed by atoms with E-state index in [1.807, 2.05) is 0 Å². The predicted molar refractivity (Wildman–Crippen MR) is 99.0 cm³/mol. The first-order chi connectivity index (χ1) is 12.9. The van der Waals surface area contributed by atoms with E-state index in [4.69, 9.17) is 5.11 Å². The van der Waals surface area contributed by atoms with Crippen molar-refractivity contribution in [3.05, 3.63) is 0 Å². The Labute approximate surface area is 160 Å². The monoisotopic (exact) mass is 377 g/mol. The summed E-state index contributed by atoms with van der Waals surface area (Å²) in [5.41, 5.74) is -0.0234. The van der Waals surface area contributed by atoms with Gasteiger partial charge in [-0.15, -0.1) is 0 Å². The quantitative estimate of drug-likeness (QED) is 0.682. The molecule has 1 aliphatic heterocycles. The van der Waals surface area contributed by atoms with Crippen LogP contribution >= 0.6 is 0 Å². The number of nitrogens with one attached hydrogen (secondary N) is 2. The van der Waals surface area contributed by atoms with Gasteiger partial charge in [-0.2, -0.15) is 0 Å². The lowest BCUT2D eigenvalue weighted by Gasteiger charge is -2.56. The number of rotatable bonds is 5. The minimum Gasteiger partial charge on any atom is -0.481 e. The zero-order chi connectivity index (χ0) is 19.0. The van der Waals surface area contributed by atoms with Gasteiger partial charge in [0.2, 0.25) is 5.91 Å². The van der Waals surface area contributed by atoms with E-state index in [2.05, 4.69) is 10.6 Å². The normalized spacial score (nSPS) is 37.1. The van der Waals surface area contributed by atoms with Crippen LogP contribution in [0, 0.1) is 23.7 Å². The number of likely N-dealkylation sites (tertiary alicyclic amines) is 1. The third-order valence-electron chi connectivity index (χ3n) is 7.16. The van der Waals surface area contributed by atoms with Gasteiger partial charge in [0.15, 0.2) is 0 Å². The van der Waals surface area contributed by atoms with Crippen molar-refractivity contribution in [2.24, 2.45) is 23.7 Å². The lowest BCUT2D eigenvalue weighted by Crippen LogP contribution is -2.61. The van der Waals surface area contributed by atoms with Crippen molar-refractivity contribution in [2.45, 2.75) is 63.3 Å². The van der Waals surface area contributed by atoms with Crippen molar-refractivity contribution in [3.8, 4) is 0 Å². The van der Waals surface area contributed by atoms with Gasteiger partial charge in [-0.05, 0) is 69.1 Å². The number of hydrogen-bond donors (Lipinski definition) is 3. The standard InChI is InChI=1S/C20H31N3O4/c24-17(23-5-1-2-16(12-23)18(25)26)3-4-21-19(27)22-20-9-13-6-14(10-20)8-15(7-13)11-20/h13-16H,1-12H2,(H,25,26)(H2,21,22,27)/t13?,14?,15?,16-,20?/m0/s1. The second kappa shape index (κ2) is 7.32. The average molecular weight is 377 g/mol. The maximum Gasteiger partial charge on any atom is 0.315 e. The van der Waals surface area contributed by atoms with E-state index < -0.39 is 11.9 Å². The number of carboxylic acids is 1. The molecule has 7 nitrogen and oxygen atoms in total. The van der Waals surface area contributed by atoms with E-state index in [9.17, 15) is 14.4 Å². The van der Waals surface area contributed by atoms with Crippen LogP contribution in [0.3, 0.4) is 0 Å². The van der Waals surface area contributed by atoms with Gasteiger partial charge in [0.05, 0.1) is 5.92 Å². The molecule has 4 aliphatic carbocycles. The van der Waals surface area contributed by atoms with Crippen LogP contribution in [0.5, 0.6) is 0 Å². The number of carbonyl (C=O) groups excluding carboxylic acids is 2. The number of carbonyl (C=O) groups is 3. The highest BCUT2D eigenvalue weighted by molar-refractivity contribution is 5.79. The molecular formula is C20H31N3O4. The average Bonchev–Trinajstić information content (AvgIpc) is 2.60. The zero-order valence-corrected chi connectivity index (χ0v) is 15.9. The van der Waals surface area contributed by atoms with Gasteiger partial charge >= 0.3 is 12.0 Å². The van der Waals surface area contributed by atoms with Crippen LogP contribution in [0.25, 0.3) is 0 Å². The number of amides is 3. The van der Waals surface area contributed by atoms with Crippen LogP contribution in [0.1, 0.15) is 57.8 Å². The predicted octanol–water partition coefficient (Wildman–Crippen LogP) is 1.97. The fourth-order valence-corrected chi connectivity index (χ4v) is 6.40. The molecule has 0 spiro atoms. The van der Waals surface area contributed by atoms with E-state index in [-0.39, 0.29) is 30.4 Å². The number of urea groups is 1. The van der Waals surface area contributed by atoms with Crippen molar-refractivity contribution < 1.29 is 19.5 Å². The molecule has 0 aromatic rings. The molecule has 3 N–H and O–H groups in total. The van der Waals surface area contributed by atoms with E-state index in [1.165, 1.54) is 19.3 Å². The van der Waals surface area contributed by atoms with Gasteiger partial charge in [-0.3, -0.25) is 9.59 Å². The van der Waals surface area contributed by atoms with Crippen LogP contribution in [0.2, 0.25) is 0 Å². The molecule has 7 heteroatoms. The summed E-state index contributed by atoms with van der Waals surface area (Å²) in [4.78, 5) is 37.5.